The highest BCUT2D eigenvalue weighted by Gasteiger charge is 2.32. The number of thioether (sulfide) groups is 1. The first-order chi connectivity index (χ1) is 15.5. The summed E-state index contributed by atoms with van der Waals surface area (Å²) in [5, 5.41) is 13.1. The third-order valence-electron chi connectivity index (χ3n) is 5.29. The van der Waals surface area contributed by atoms with Gasteiger partial charge < -0.3 is 24.5 Å². The summed E-state index contributed by atoms with van der Waals surface area (Å²) >= 11 is 1.66. The smallest absolute Gasteiger partial charge is 0.221 e. The third-order valence-corrected chi connectivity index (χ3v) is 6.48. The van der Waals surface area contributed by atoms with Gasteiger partial charge >= 0.3 is 0 Å². The Labute approximate surface area is 191 Å². The van der Waals surface area contributed by atoms with E-state index in [0.717, 1.165) is 39.7 Å². The predicted octanol–water partition coefficient (Wildman–Crippen LogP) is 4.21. The molecule has 1 aliphatic heterocycles. The van der Waals surface area contributed by atoms with Gasteiger partial charge in [-0.3, -0.25) is 4.79 Å². The van der Waals surface area contributed by atoms with Crippen molar-refractivity contribution in [3.05, 3.63) is 77.6 Å². The van der Waals surface area contributed by atoms with Gasteiger partial charge in [0.1, 0.15) is 0 Å². The van der Waals surface area contributed by atoms with Crippen LogP contribution in [0.15, 0.2) is 66.1 Å². The van der Waals surface area contributed by atoms with Crippen molar-refractivity contribution in [3.8, 4) is 0 Å². The monoisotopic (exact) mass is 453 g/mol. The number of rotatable bonds is 7. The molecular weight excluding hydrogens is 426 g/mol. The predicted molar refractivity (Wildman–Crippen MR) is 123 cm³/mol. The highest BCUT2D eigenvalue weighted by Crippen LogP contribution is 2.39. The first kappa shape index (κ1) is 22.5. The second kappa shape index (κ2) is 10.3. The molecule has 2 N–H and O–H groups in total. The van der Waals surface area contributed by atoms with E-state index in [1.165, 1.54) is 6.92 Å². The average molecular weight is 454 g/mol. The fourth-order valence-electron chi connectivity index (χ4n) is 3.61. The van der Waals surface area contributed by atoms with Gasteiger partial charge in [-0.2, -0.15) is 0 Å². The summed E-state index contributed by atoms with van der Waals surface area (Å²) in [7, 11) is 1.98. The molecule has 168 valence electrons. The van der Waals surface area contributed by atoms with Gasteiger partial charge in [0.15, 0.2) is 11.4 Å². The Morgan fingerprint density at radius 2 is 1.88 bits per heavy atom. The lowest BCUT2D eigenvalue weighted by atomic mass is 10.0. The number of aromatic nitrogens is 2. The van der Waals surface area contributed by atoms with E-state index < -0.39 is 6.29 Å². The lowest BCUT2D eigenvalue weighted by Gasteiger charge is -2.36. The summed E-state index contributed by atoms with van der Waals surface area (Å²) in [4.78, 5) is 15.7. The second-order valence-corrected chi connectivity index (χ2v) is 8.77. The number of hydrogen-bond donors (Lipinski definition) is 2. The Morgan fingerprint density at radius 3 is 2.50 bits per heavy atom. The number of aliphatic hydroxyl groups is 1. The number of anilines is 1. The molecule has 0 radical (unpaired) electrons. The van der Waals surface area contributed by atoms with Crippen molar-refractivity contribution < 1.29 is 19.4 Å². The molecule has 7 nitrogen and oxygen atoms in total. The van der Waals surface area contributed by atoms with E-state index in [1.807, 2.05) is 66.3 Å². The Balaban J connectivity index is 1.52. The van der Waals surface area contributed by atoms with Crippen LogP contribution in [-0.4, -0.2) is 32.4 Å². The van der Waals surface area contributed by atoms with Gasteiger partial charge in [-0.25, -0.2) is 4.98 Å². The number of aliphatic hydroxyl groups excluding tert-OH is 1. The summed E-state index contributed by atoms with van der Waals surface area (Å²) in [5.74, 6) is 0.639. The number of nitrogens with one attached hydrogen (secondary N) is 1. The number of hydrogen-bond acceptors (Lipinski definition) is 6. The maximum atomic E-state index is 11.3. The summed E-state index contributed by atoms with van der Waals surface area (Å²) in [5.41, 5.74) is 3.54. The van der Waals surface area contributed by atoms with Crippen LogP contribution in [0.4, 0.5) is 5.69 Å². The molecular formula is C24H27N3O4S. The van der Waals surface area contributed by atoms with Crippen LogP contribution >= 0.6 is 11.8 Å². The zero-order valence-electron chi connectivity index (χ0n) is 18.1. The highest BCUT2D eigenvalue weighted by molar-refractivity contribution is 7.99. The normalized spacial score (nSPS) is 20.8. The van der Waals surface area contributed by atoms with Crippen molar-refractivity contribution in [2.75, 3.05) is 11.1 Å². The van der Waals surface area contributed by atoms with E-state index in [9.17, 15) is 9.90 Å². The molecule has 1 amide bonds. The zero-order valence-corrected chi connectivity index (χ0v) is 18.9. The van der Waals surface area contributed by atoms with Crippen LogP contribution in [0.2, 0.25) is 0 Å². The van der Waals surface area contributed by atoms with Gasteiger partial charge in [0.2, 0.25) is 5.91 Å². The van der Waals surface area contributed by atoms with E-state index in [2.05, 4.69) is 10.3 Å². The third kappa shape index (κ3) is 5.58. The fraction of sp³-hybridized carbons (Fsp3) is 0.333. The van der Waals surface area contributed by atoms with Gasteiger partial charge in [0, 0.05) is 49.8 Å². The minimum Gasteiger partial charge on any atom is -0.392 e. The molecule has 1 fully saturated rings. The van der Waals surface area contributed by atoms with Gasteiger partial charge in [-0.1, -0.05) is 48.2 Å². The molecule has 0 aliphatic carbocycles. The largest absolute Gasteiger partial charge is 0.392 e. The Kier molecular flexibility index (Phi) is 7.26. The number of nitrogens with zero attached hydrogens (tertiary/aromatic N) is 2. The van der Waals surface area contributed by atoms with Crippen LogP contribution in [-0.2, 0) is 27.9 Å². The molecule has 2 heterocycles. The van der Waals surface area contributed by atoms with Crippen molar-refractivity contribution in [2.24, 2.45) is 7.05 Å². The Morgan fingerprint density at radius 1 is 1.16 bits per heavy atom. The number of carbonyl (C=O) groups is 1. The van der Waals surface area contributed by atoms with Gasteiger partial charge in [0.05, 0.1) is 18.8 Å². The van der Waals surface area contributed by atoms with Crippen molar-refractivity contribution in [2.45, 2.75) is 43.6 Å². The molecule has 2 aromatic carbocycles. The van der Waals surface area contributed by atoms with Crippen LogP contribution in [0.1, 0.15) is 42.4 Å². The van der Waals surface area contributed by atoms with Gasteiger partial charge in [-0.05, 0) is 23.3 Å². The molecule has 1 saturated heterocycles. The van der Waals surface area contributed by atoms with Crippen LogP contribution in [0.25, 0.3) is 0 Å². The summed E-state index contributed by atoms with van der Waals surface area (Å²) in [6.07, 6.45) is 3.74. The number of aryl methyl sites for hydroxylation is 1. The SMILES string of the molecule is CC(=O)Nc1ccc([C@H]2O[C@@H](CSc3nccn3C)C[C@@H](c3ccc(CO)cc3)O2)cc1. The lowest BCUT2D eigenvalue weighted by molar-refractivity contribution is -0.245. The zero-order chi connectivity index (χ0) is 22.5. The summed E-state index contributed by atoms with van der Waals surface area (Å²) in [6.45, 7) is 1.50. The summed E-state index contributed by atoms with van der Waals surface area (Å²) in [6, 6.07) is 15.4. The Hall–Kier alpha value is -2.65. The summed E-state index contributed by atoms with van der Waals surface area (Å²) < 4.78 is 14.7. The molecule has 0 saturated carbocycles. The molecule has 0 bridgehead atoms. The van der Waals surface area contributed by atoms with E-state index in [-0.39, 0.29) is 24.7 Å². The highest BCUT2D eigenvalue weighted by atomic mass is 32.2. The standard InChI is InChI=1S/C24H27N3O4S/c1-16(29)26-20-9-7-19(8-10-20)23-30-21(15-32-24-25-11-12-27(24)2)13-22(31-23)18-5-3-17(14-28)4-6-18/h3-12,21-23,28H,13-15H2,1-2H3,(H,26,29)/t21-,22+,23+/m1/s1. The maximum Gasteiger partial charge on any atom is 0.221 e. The number of carbonyl (C=O) groups excluding carboxylic acids is 1. The lowest BCUT2D eigenvalue weighted by Crippen LogP contribution is -2.31. The number of ether oxygens (including phenoxy) is 2. The van der Waals surface area contributed by atoms with Crippen LogP contribution < -0.4 is 5.32 Å². The number of benzene rings is 2. The fourth-order valence-corrected chi connectivity index (χ4v) is 4.56. The topological polar surface area (TPSA) is 85.6 Å². The molecule has 8 heteroatoms. The van der Waals surface area contributed by atoms with E-state index in [1.54, 1.807) is 18.0 Å². The van der Waals surface area contributed by atoms with Crippen LogP contribution in [0.5, 0.6) is 0 Å². The first-order valence-corrected chi connectivity index (χ1v) is 11.5. The van der Waals surface area contributed by atoms with Crippen LogP contribution in [0.3, 0.4) is 0 Å². The molecule has 0 spiro atoms. The Bertz CT molecular complexity index is 1040. The van der Waals surface area contributed by atoms with Crippen molar-refractivity contribution in [3.63, 3.8) is 0 Å². The first-order valence-electron chi connectivity index (χ1n) is 10.5. The van der Waals surface area contributed by atoms with Gasteiger partial charge in [0.25, 0.3) is 0 Å². The molecule has 0 unspecified atom stereocenters. The molecule has 3 aromatic rings. The maximum absolute atomic E-state index is 11.3. The molecule has 4 rings (SSSR count). The van der Waals surface area contributed by atoms with E-state index in [0.29, 0.717) is 0 Å². The number of amides is 1. The second-order valence-electron chi connectivity index (χ2n) is 7.79. The van der Waals surface area contributed by atoms with E-state index in [4.69, 9.17) is 9.47 Å². The molecule has 3 atom stereocenters. The number of imidazole rings is 1. The molecule has 1 aromatic heterocycles. The van der Waals surface area contributed by atoms with E-state index >= 15 is 0 Å². The molecule has 32 heavy (non-hydrogen) atoms. The van der Waals surface area contributed by atoms with Crippen molar-refractivity contribution >= 4 is 23.4 Å². The molecule has 1 aliphatic rings. The minimum absolute atomic E-state index is 0.0150. The van der Waals surface area contributed by atoms with Crippen LogP contribution in [0, 0.1) is 0 Å². The quantitative estimate of drug-likeness (QED) is 0.522. The van der Waals surface area contributed by atoms with Crippen molar-refractivity contribution in [1.29, 1.82) is 0 Å². The van der Waals surface area contributed by atoms with Crippen molar-refractivity contribution in [1.82, 2.24) is 9.55 Å². The van der Waals surface area contributed by atoms with Gasteiger partial charge in [-0.15, -0.1) is 0 Å². The average Bonchev–Trinajstić information content (AvgIpc) is 3.22. The minimum atomic E-state index is -0.524.